The Morgan fingerprint density at radius 3 is 1.95 bits per heavy atom. The number of carbonyl (C=O) groups is 2. The van der Waals surface area contributed by atoms with Crippen molar-refractivity contribution >= 4 is 23.4 Å². The molecule has 0 unspecified atom stereocenters. The molecule has 0 aliphatic carbocycles. The average molecular weight is 264 g/mol. The van der Waals surface area contributed by atoms with Crippen molar-refractivity contribution in [1.29, 1.82) is 0 Å². The van der Waals surface area contributed by atoms with E-state index >= 15 is 0 Å². The first-order valence-electron chi connectivity index (χ1n) is 6.18. The molecule has 0 saturated heterocycles. The zero-order valence-electron chi connectivity index (χ0n) is 11.7. The van der Waals surface area contributed by atoms with Gasteiger partial charge in [-0.05, 0) is 31.2 Å². The second kappa shape index (κ2) is 6.22. The van der Waals surface area contributed by atoms with Crippen molar-refractivity contribution in [3.05, 3.63) is 24.3 Å². The molecule has 5 heteroatoms. The fraction of sp³-hybridized carbons (Fsp3) is 0.429. The van der Waals surface area contributed by atoms with Crippen LogP contribution in [0.4, 0.5) is 16.2 Å². The lowest BCUT2D eigenvalue weighted by Gasteiger charge is -2.17. The molecule has 104 valence electrons. The van der Waals surface area contributed by atoms with E-state index in [1.807, 2.05) is 20.8 Å². The number of rotatable bonds is 3. The standard InChI is InChI=1S/C14H20N2O3/c1-5-19-13(18)16-11-8-6-10(7-9-11)15-12(17)14(2,3)4/h6-9H,5H2,1-4H3,(H,15,17)(H,16,18). The van der Waals surface area contributed by atoms with Crippen LogP contribution in [0.15, 0.2) is 24.3 Å². The lowest BCUT2D eigenvalue weighted by atomic mass is 9.95. The van der Waals surface area contributed by atoms with Crippen molar-refractivity contribution < 1.29 is 14.3 Å². The van der Waals surface area contributed by atoms with Crippen LogP contribution >= 0.6 is 0 Å². The summed E-state index contributed by atoms with van der Waals surface area (Å²) < 4.78 is 4.77. The van der Waals surface area contributed by atoms with E-state index in [1.54, 1.807) is 31.2 Å². The van der Waals surface area contributed by atoms with Crippen molar-refractivity contribution in [3.8, 4) is 0 Å². The second-order valence-electron chi connectivity index (χ2n) is 5.13. The van der Waals surface area contributed by atoms with Gasteiger partial charge in [0.05, 0.1) is 6.61 Å². The number of ether oxygens (including phenoxy) is 1. The maximum atomic E-state index is 11.8. The third kappa shape index (κ3) is 4.99. The summed E-state index contributed by atoms with van der Waals surface area (Å²) in [5.74, 6) is -0.0569. The lowest BCUT2D eigenvalue weighted by molar-refractivity contribution is -0.123. The normalized spacial score (nSPS) is 10.7. The van der Waals surface area contributed by atoms with Crippen LogP contribution in [0.3, 0.4) is 0 Å². The van der Waals surface area contributed by atoms with Crippen molar-refractivity contribution in [2.75, 3.05) is 17.2 Å². The number of hydrogen-bond donors (Lipinski definition) is 2. The summed E-state index contributed by atoms with van der Waals surface area (Å²) in [7, 11) is 0. The van der Waals surface area contributed by atoms with Gasteiger partial charge in [-0.25, -0.2) is 4.79 Å². The average Bonchev–Trinajstić information content (AvgIpc) is 2.30. The molecular weight excluding hydrogens is 244 g/mol. The first kappa shape index (κ1) is 15.0. The monoisotopic (exact) mass is 264 g/mol. The summed E-state index contributed by atoms with van der Waals surface area (Å²) in [6.45, 7) is 7.60. The van der Waals surface area contributed by atoms with Gasteiger partial charge in [-0.1, -0.05) is 20.8 Å². The largest absolute Gasteiger partial charge is 0.450 e. The highest BCUT2D eigenvalue weighted by molar-refractivity contribution is 5.94. The molecule has 0 aliphatic rings. The highest BCUT2D eigenvalue weighted by Gasteiger charge is 2.20. The van der Waals surface area contributed by atoms with Gasteiger partial charge in [-0.2, -0.15) is 0 Å². The molecule has 0 heterocycles. The summed E-state index contributed by atoms with van der Waals surface area (Å²) in [5.41, 5.74) is 0.864. The molecule has 0 atom stereocenters. The highest BCUT2D eigenvalue weighted by Crippen LogP contribution is 2.19. The molecule has 1 aromatic carbocycles. The Labute approximate surface area is 113 Å². The van der Waals surface area contributed by atoms with E-state index in [1.165, 1.54) is 0 Å². The van der Waals surface area contributed by atoms with Crippen molar-refractivity contribution in [1.82, 2.24) is 0 Å². The maximum absolute atomic E-state index is 11.8. The molecule has 5 nitrogen and oxygen atoms in total. The Morgan fingerprint density at radius 2 is 1.53 bits per heavy atom. The third-order valence-corrected chi connectivity index (χ3v) is 2.35. The van der Waals surface area contributed by atoms with Crippen LogP contribution in [0.2, 0.25) is 0 Å². The van der Waals surface area contributed by atoms with Gasteiger partial charge in [0.2, 0.25) is 5.91 Å². The van der Waals surface area contributed by atoms with E-state index in [2.05, 4.69) is 10.6 Å². The highest BCUT2D eigenvalue weighted by atomic mass is 16.5. The van der Waals surface area contributed by atoms with Gasteiger partial charge in [-0.3, -0.25) is 10.1 Å². The lowest BCUT2D eigenvalue weighted by Crippen LogP contribution is -2.27. The SMILES string of the molecule is CCOC(=O)Nc1ccc(NC(=O)C(C)(C)C)cc1. The van der Waals surface area contributed by atoms with Crippen molar-refractivity contribution in [2.45, 2.75) is 27.7 Å². The van der Waals surface area contributed by atoms with E-state index in [-0.39, 0.29) is 5.91 Å². The number of nitrogens with one attached hydrogen (secondary N) is 2. The van der Waals surface area contributed by atoms with E-state index in [0.717, 1.165) is 0 Å². The summed E-state index contributed by atoms with van der Waals surface area (Å²) in [6.07, 6.45) is -0.492. The summed E-state index contributed by atoms with van der Waals surface area (Å²) in [5, 5.41) is 5.38. The van der Waals surface area contributed by atoms with Gasteiger partial charge >= 0.3 is 6.09 Å². The molecule has 0 aliphatic heterocycles. The van der Waals surface area contributed by atoms with E-state index in [4.69, 9.17) is 4.74 Å². The minimum atomic E-state index is -0.492. The molecule has 0 spiro atoms. The number of carbonyl (C=O) groups excluding carboxylic acids is 2. The zero-order chi connectivity index (χ0) is 14.5. The van der Waals surface area contributed by atoms with Crippen LogP contribution in [0, 0.1) is 5.41 Å². The van der Waals surface area contributed by atoms with Crippen molar-refractivity contribution in [2.24, 2.45) is 5.41 Å². The van der Waals surface area contributed by atoms with Gasteiger partial charge in [0.25, 0.3) is 0 Å². The van der Waals surface area contributed by atoms with E-state index in [0.29, 0.717) is 18.0 Å². The fourth-order valence-electron chi connectivity index (χ4n) is 1.24. The number of hydrogen-bond acceptors (Lipinski definition) is 3. The molecule has 0 radical (unpaired) electrons. The molecular formula is C14H20N2O3. The second-order valence-corrected chi connectivity index (χ2v) is 5.13. The predicted molar refractivity (Wildman–Crippen MR) is 75.2 cm³/mol. The smallest absolute Gasteiger partial charge is 0.411 e. The topological polar surface area (TPSA) is 67.4 Å². The quantitative estimate of drug-likeness (QED) is 0.880. The Kier molecular flexibility index (Phi) is 4.92. The Hall–Kier alpha value is -2.04. The van der Waals surface area contributed by atoms with Crippen LogP contribution < -0.4 is 10.6 Å². The van der Waals surface area contributed by atoms with Crippen LogP contribution in [0.25, 0.3) is 0 Å². The van der Waals surface area contributed by atoms with Gasteiger partial charge in [-0.15, -0.1) is 0 Å². The van der Waals surface area contributed by atoms with Gasteiger partial charge in [0.1, 0.15) is 0 Å². The van der Waals surface area contributed by atoms with Gasteiger partial charge in [0, 0.05) is 16.8 Å². The maximum Gasteiger partial charge on any atom is 0.411 e. The van der Waals surface area contributed by atoms with Crippen molar-refractivity contribution in [3.63, 3.8) is 0 Å². The van der Waals surface area contributed by atoms with E-state index in [9.17, 15) is 9.59 Å². The molecule has 1 aromatic rings. The Balaban J connectivity index is 2.62. The van der Waals surface area contributed by atoms with Crippen LogP contribution in [0.5, 0.6) is 0 Å². The fourth-order valence-corrected chi connectivity index (χ4v) is 1.24. The molecule has 1 rings (SSSR count). The Bertz CT molecular complexity index is 447. The number of benzene rings is 1. The first-order chi connectivity index (χ1) is 8.82. The third-order valence-electron chi connectivity index (χ3n) is 2.35. The minimum Gasteiger partial charge on any atom is -0.450 e. The van der Waals surface area contributed by atoms with Gasteiger partial charge < -0.3 is 10.1 Å². The minimum absolute atomic E-state index is 0.0569. The number of amides is 2. The molecule has 19 heavy (non-hydrogen) atoms. The summed E-state index contributed by atoms with van der Waals surface area (Å²) in [6, 6.07) is 6.86. The molecule has 0 saturated carbocycles. The summed E-state index contributed by atoms with van der Waals surface area (Å²) >= 11 is 0. The Morgan fingerprint density at radius 1 is 1.05 bits per heavy atom. The van der Waals surface area contributed by atoms with Crippen LogP contribution in [0.1, 0.15) is 27.7 Å². The molecule has 0 aromatic heterocycles. The van der Waals surface area contributed by atoms with Gasteiger partial charge in [0.15, 0.2) is 0 Å². The predicted octanol–water partition coefficient (Wildman–Crippen LogP) is 3.24. The zero-order valence-corrected chi connectivity index (χ0v) is 11.7. The first-order valence-corrected chi connectivity index (χ1v) is 6.18. The molecule has 2 N–H and O–H groups in total. The molecule has 0 fully saturated rings. The summed E-state index contributed by atoms with van der Waals surface area (Å²) in [4.78, 5) is 23.0. The van der Waals surface area contributed by atoms with E-state index < -0.39 is 11.5 Å². The number of anilines is 2. The molecule has 0 bridgehead atoms. The van der Waals surface area contributed by atoms with Crippen LogP contribution in [-0.2, 0) is 9.53 Å². The van der Waals surface area contributed by atoms with Crippen LogP contribution in [-0.4, -0.2) is 18.6 Å². The molecule has 2 amide bonds.